The number of nitrogens with one attached hydrogen (secondary N) is 1. The Morgan fingerprint density at radius 1 is 1.03 bits per heavy atom. The van der Waals surface area contributed by atoms with Gasteiger partial charge in [0.05, 0.1) is 17.8 Å². The molecule has 1 aromatic heterocycles. The number of carbonyl (C=O) groups is 1. The predicted molar refractivity (Wildman–Crippen MR) is 119 cm³/mol. The lowest BCUT2D eigenvalue weighted by Gasteiger charge is -2.29. The van der Waals surface area contributed by atoms with Crippen LogP contribution in [0, 0.1) is 6.92 Å². The molecule has 0 fully saturated rings. The van der Waals surface area contributed by atoms with Crippen LogP contribution in [0.4, 0.5) is 4.79 Å². The molecule has 7 nitrogen and oxygen atoms in total. The van der Waals surface area contributed by atoms with Crippen LogP contribution in [0.15, 0.2) is 61.2 Å². The number of rotatable bonds is 7. The smallest absolute Gasteiger partial charge is 0.317 e. The van der Waals surface area contributed by atoms with Gasteiger partial charge in [0.25, 0.3) is 0 Å². The highest BCUT2D eigenvalue weighted by Crippen LogP contribution is 2.21. The van der Waals surface area contributed by atoms with E-state index in [0.717, 1.165) is 11.3 Å². The normalized spacial score (nSPS) is 13.1. The summed E-state index contributed by atoms with van der Waals surface area (Å²) in [6.07, 6.45) is 3.17. The molecule has 0 spiro atoms. The predicted octanol–water partition coefficient (Wildman–Crippen LogP) is 3.58. The second kappa shape index (κ2) is 9.54. The molecule has 0 aliphatic heterocycles. The van der Waals surface area contributed by atoms with E-state index in [4.69, 9.17) is 0 Å². The molecule has 0 saturated heterocycles. The molecule has 2 unspecified atom stereocenters. The molecular formula is C23H30N6O. The molecule has 2 aromatic carbocycles. The molecule has 0 saturated carbocycles. The molecule has 0 radical (unpaired) electrons. The van der Waals surface area contributed by atoms with Gasteiger partial charge in [-0.2, -0.15) is 5.10 Å². The Bertz CT molecular complexity index is 935. The fraction of sp³-hybridized carbons (Fsp3) is 0.348. The maximum absolute atomic E-state index is 12.8. The van der Waals surface area contributed by atoms with Crippen molar-refractivity contribution >= 4 is 6.03 Å². The first kappa shape index (κ1) is 21.5. The highest BCUT2D eigenvalue weighted by atomic mass is 16.2. The zero-order valence-corrected chi connectivity index (χ0v) is 18.3. The molecular weight excluding hydrogens is 376 g/mol. The van der Waals surface area contributed by atoms with Crippen LogP contribution >= 0.6 is 0 Å². The molecule has 2 amide bonds. The summed E-state index contributed by atoms with van der Waals surface area (Å²) in [7, 11) is 5.88. The van der Waals surface area contributed by atoms with Gasteiger partial charge in [-0.1, -0.05) is 42.0 Å². The Morgan fingerprint density at radius 2 is 1.67 bits per heavy atom. The third-order valence-corrected chi connectivity index (χ3v) is 5.49. The molecule has 0 bridgehead atoms. The molecule has 158 valence electrons. The number of nitrogens with zero attached hydrogens (tertiary/aromatic N) is 5. The number of aromatic nitrogens is 3. The number of urea groups is 1. The Labute approximate surface area is 178 Å². The summed E-state index contributed by atoms with van der Waals surface area (Å²) in [6.45, 7) is 4.63. The van der Waals surface area contributed by atoms with Crippen molar-refractivity contribution < 1.29 is 4.79 Å². The highest BCUT2D eigenvalue weighted by molar-refractivity contribution is 5.74. The number of aryl methyl sites for hydroxylation is 1. The third kappa shape index (κ3) is 5.04. The molecule has 3 aromatic rings. The lowest BCUT2D eigenvalue weighted by Crippen LogP contribution is -2.42. The van der Waals surface area contributed by atoms with Crippen LogP contribution in [0.1, 0.15) is 35.7 Å². The van der Waals surface area contributed by atoms with Crippen LogP contribution < -0.4 is 5.32 Å². The zero-order chi connectivity index (χ0) is 21.7. The van der Waals surface area contributed by atoms with E-state index in [1.54, 1.807) is 15.9 Å². The topological polar surface area (TPSA) is 66.3 Å². The van der Waals surface area contributed by atoms with Gasteiger partial charge in [-0.25, -0.2) is 14.5 Å². The van der Waals surface area contributed by atoms with E-state index in [0.29, 0.717) is 6.54 Å². The molecule has 3 rings (SSSR count). The van der Waals surface area contributed by atoms with E-state index < -0.39 is 0 Å². The van der Waals surface area contributed by atoms with E-state index in [9.17, 15) is 4.79 Å². The van der Waals surface area contributed by atoms with Crippen LogP contribution in [-0.4, -0.2) is 58.3 Å². The number of likely N-dealkylation sites (N-methyl/N-ethyl adjacent to an activating group) is 1. The molecule has 0 aliphatic rings. The summed E-state index contributed by atoms with van der Waals surface area (Å²) < 4.78 is 1.71. The van der Waals surface area contributed by atoms with Gasteiger partial charge in [-0.3, -0.25) is 0 Å². The molecule has 1 heterocycles. The highest BCUT2D eigenvalue weighted by Gasteiger charge is 2.20. The van der Waals surface area contributed by atoms with E-state index >= 15 is 0 Å². The molecule has 0 aliphatic carbocycles. The second-order valence-electron chi connectivity index (χ2n) is 7.79. The molecule has 1 N–H and O–H groups in total. The van der Waals surface area contributed by atoms with Crippen molar-refractivity contribution in [2.45, 2.75) is 25.9 Å². The van der Waals surface area contributed by atoms with Gasteiger partial charge in [-0.05, 0) is 51.2 Å². The summed E-state index contributed by atoms with van der Waals surface area (Å²) in [5.74, 6) is 0. The van der Waals surface area contributed by atoms with Crippen LogP contribution in [0.3, 0.4) is 0 Å². The Morgan fingerprint density at radius 3 is 2.23 bits per heavy atom. The largest absolute Gasteiger partial charge is 0.336 e. The lowest BCUT2D eigenvalue weighted by molar-refractivity contribution is 0.189. The average Bonchev–Trinajstić information content (AvgIpc) is 3.28. The van der Waals surface area contributed by atoms with Crippen molar-refractivity contribution in [1.29, 1.82) is 0 Å². The van der Waals surface area contributed by atoms with Crippen molar-refractivity contribution in [2.75, 3.05) is 27.7 Å². The van der Waals surface area contributed by atoms with Crippen LogP contribution in [0.25, 0.3) is 5.69 Å². The van der Waals surface area contributed by atoms with Crippen molar-refractivity contribution in [3.8, 4) is 5.69 Å². The SMILES string of the molecule is Cc1ccc(C(CNC(=O)N(C)C(C)c2ccc(-n3cncn3)cc2)N(C)C)cc1. The van der Waals surface area contributed by atoms with E-state index in [2.05, 4.69) is 51.5 Å². The van der Waals surface area contributed by atoms with Gasteiger partial charge < -0.3 is 15.1 Å². The Hall–Kier alpha value is -3.19. The third-order valence-electron chi connectivity index (χ3n) is 5.49. The maximum atomic E-state index is 12.8. The summed E-state index contributed by atoms with van der Waals surface area (Å²) in [5.41, 5.74) is 4.40. The van der Waals surface area contributed by atoms with Crippen molar-refractivity contribution in [3.63, 3.8) is 0 Å². The summed E-state index contributed by atoms with van der Waals surface area (Å²) in [4.78, 5) is 20.6. The van der Waals surface area contributed by atoms with Gasteiger partial charge in [0, 0.05) is 13.6 Å². The average molecular weight is 407 g/mol. The van der Waals surface area contributed by atoms with Crippen molar-refractivity contribution in [3.05, 3.63) is 77.9 Å². The quantitative estimate of drug-likeness (QED) is 0.651. The van der Waals surface area contributed by atoms with Crippen LogP contribution in [0.5, 0.6) is 0 Å². The maximum Gasteiger partial charge on any atom is 0.317 e. The number of hydrogen-bond donors (Lipinski definition) is 1. The fourth-order valence-electron chi connectivity index (χ4n) is 3.34. The minimum atomic E-state index is -0.0955. The molecule has 2 atom stereocenters. The van der Waals surface area contributed by atoms with E-state index in [1.165, 1.54) is 17.5 Å². The van der Waals surface area contributed by atoms with Gasteiger partial charge in [0.2, 0.25) is 0 Å². The fourth-order valence-corrected chi connectivity index (χ4v) is 3.34. The first-order valence-corrected chi connectivity index (χ1v) is 10.1. The van der Waals surface area contributed by atoms with Crippen molar-refractivity contribution in [2.24, 2.45) is 0 Å². The molecule has 7 heteroatoms. The first-order valence-electron chi connectivity index (χ1n) is 10.1. The Kier molecular flexibility index (Phi) is 6.84. The molecule has 30 heavy (non-hydrogen) atoms. The van der Waals surface area contributed by atoms with Gasteiger partial charge in [0.15, 0.2) is 0 Å². The summed E-state index contributed by atoms with van der Waals surface area (Å²) >= 11 is 0. The van der Waals surface area contributed by atoms with Gasteiger partial charge in [0.1, 0.15) is 12.7 Å². The number of carbonyl (C=O) groups excluding carboxylic acids is 1. The summed E-state index contributed by atoms with van der Waals surface area (Å²) in [6, 6.07) is 16.4. The number of amides is 2. The summed E-state index contributed by atoms with van der Waals surface area (Å²) in [5, 5.41) is 7.22. The minimum absolute atomic E-state index is 0.0630. The Balaban J connectivity index is 1.62. The standard InChI is InChI=1S/C23H30N6O/c1-17-6-8-20(9-7-17)22(27(3)4)14-25-23(30)28(5)18(2)19-10-12-21(13-11-19)29-16-24-15-26-29/h6-13,15-16,18,22H,14H2,1-5H3,(H,25,30). The monoisotopic (exact) mass is 406 g/mol. The second-order valence-corrected chi connectivity index (χ2v) is 7.79. The van der Waals surface area contributed by atoms with Crippen molar-refractivity contribution in [1.82, 2.24) is 29.9 Å². The van der Waals surface area contributed by atoms with E-state index in [-0.39, 0.29) is 18.1 Å². The van der Waals surface area contributed by atoms with Gasteiger partial charge >= 0.3 is 6.03 Å². The van der Waals surface area contributed by atoms with Crippen LogP contribution in [0.2, 0.25) is 0 Å². The van der Waals surface area contributed by atoms with Crippen LogP contribution in [-0.2, 0) is 0 Å². The first-order chi connectivity index (χ1) is 14.4. The van der Waals surface area contributed by atoms with E-state index in [1.807, 2.05) is 52.3 Å². The zero-order valence-electron chi connectivity index (χ0n) is 18.3. The number of benzene rings is 2. The number of hydrogen-bond acceptors (Lipinski definition) is 4. The minimum Gasteiger partial charge on any atom is -0.336 e. The lowest BCUT2D eigenvalue weighted by atomic mass is 10.0. The van der Waals surface area contributed by atoms with Gasteiger partial charge in [-0.15, -0.1) is 0 Å².